The van der Waals surface area contributed by atoms with Crippen LogP contribution in [0.15, 0.2) is 0 Å². The lowest BCUT2D eigenvalue weighted by molar-refractivity contribution is 0.654. The fourth-order valence-electron chi connectivity index (χ4n) is 0.890. The van der Waals surface area contributed by atoms with Gasteiger partial charge in [-0.05, 0) is 13.8 Å². The molecule has 0 amide bonds. The van der Waals surface area contributed by atoms with E-state index in [-0.39, 0.29) is 0 Å². The van der Waals surface area contributed by atoms with Gasteiger partial charge in [-0.2, -0.15) is 10.4 Å². The molecule has 1 aromatic rings. The van der Waals surface area contributed by atoms with E-state index < -0.39 is 0 Å². The zero-order chi connectivity index (χ0) is 8.43. The van der Waals surface area contributed by atoms with Crippen LogP contribution in [0.3, 0.4) is 0 Å². The minimum Gasteiger partial charge on any atom is -0.253 e. The largest absolute Gasteiger partial charge is 0.253 e. The van der Waals surface area contributed by atoms with Gasteiger partial charge in [0, 0.05) is 6.54 Å². The summed E-state index contributed by atoms with van der Waals surface area (Å²) in [6, 6.07) is 2.00. The van der Waals surface area contributed by atoms with E-state index in [1.165, 1.54) is 0 Å². The molecule has 1 rings (SSSR count). The Balaban J connectivity index is 3.28. The summed E-state index contributed by atoms with van der Waals surface area (Å²) in [6.45, 7) is 4.40. The van der Waals surface area contributed by atoms with Crippen molar-refractivity contribution in [3.8, 4) is 6.07 Å². The molecule has 3 nitrogen and oxygen atoms in total. The normalized spacial score (nSPS) is 9.64. The maximum absolute atomic E-state index is 8.62. The molecule has 0 saturated heterocycles. The van der Waals surface area contributed by atoms with Gasteiger partial charge in [0.2, 0.25) is 0 Å². The second-order valence-electron chi connectivity index (χ2n) is 2.18. The Kier molecular flexibility index (Phi) is 2.16. The average Bonchev–Trinajstić information content (AvgIpc) is 2.26. The molecule has 1 aromatic heterocycles. The maximum Gasteiger partial charge on any atom is 0.145 e. The minimum absolute atomic E-state index is 0.438. The number of halogens is 1. The monoisotopic (exact) mass is 169 g/mol. The first-order chi connectivity index (χ1) is 5.20. The van der Waals surface area contributed by atoms with Crippen LogP contribution in [-0.2, 0) is 6.54 Å². The van der Waals surface area contributed by atoms with Crippen LogP contribution >= 0.6 is 11.6 Å². The molecule has 0 spiro atoms. The van der Waals surface area contributed by atoms with Crippen molar-refractivity contribution in [2.75, 3.05) is 0 Å². The van der Waals surface area contributed by atoms with Crippen molar-refractivity contribution in [3.63, 3.8) is 0 Å². The van der Waals surface area contributed by atoms with Gasteiger partial charge in [0.25, 0.3) is 0 Å². The third-order valence-electron chi connectivity index (χ3n) is 1.48. The number of aryl methyl sites for hydroxylation is 2. The molecule has 1 heterocycles. The van der Waals surface area contributed by atoms with Crippen LogP contribution in [0.4, 0.5) is 0 Å². The van der Waals surface area contributed by atoms with Gasteiger partial charge in [-0.1, -0.05) is 11.6 Å². The average molecular weight is 170 g/mol. The molecule has 58 valence electrons. The first-order valence-electron chi connectivity index (χ1n) is 3.33. The van der Waals surface area contributed by atoms with Crippen molar-refractivity contribution in [2.45, 2.75) is 20.4 Å². The van der Waals surface area contributed by atoms with E-state index in [0.717, 1.165) is 0 Å². The lowest BCUT2D eigenvalue weighted by Gasteiger charge is -1.93. The fourth-order valence-corrected chi connectivity index (χ4v) is 1.23. The Morgan fingerprint density at radius 1 is 1.73 bits per heavy atom. The van der Waals surface area contributed by atoms with Crippen LogP contribution in [0.1, 0.15) is 18.2 Å². The second kappa shape index (κ2) is 2.93. The molecule has 0 bridgehead atoms. The number of aromatic nitrogens is 2. The number of rotatable bonds is 1. The number of nitriles is 1. The predicted molar refractivity (Wildman–Crippen MR) is 42.4 cm³/mol. The Bertz CT molecular complexity index is 308. The Morgan fingerprint density at radius 3 is 2.64 bits per heavy atom. The van der Waals surface area contributed by atoms with Crippen LogP contribution in [-0.4, -0.2) is 9.78 Å². The van der Waals surface area contributed by atoms with Crippen molar-refractivity contribution >= 4 is 11.6 Å². The molecule has 0 radical (unpaired) electrons. The highest BCUT2D eigenvalue weighted by atomic mass is 35.5. The van der Waals surface area contributed by atoms with Gasteiger partial charge < -0.3 is 0 Å². The number of nitrogens with zero attached hydrogens (tertiary/aromatic N) is 3. The van der Waals surface area contributed by atoms with Gasteiger partial charge in [-0.25, -0.2) is 0 Å². The van der Waals surface area contributed by atoms with Crippen molar-refractivity contribution in [3.05, 3.63) is 16.4 Å². The van der Waals surface area contributed by atoms with Crippen molar-refractivity contribution in [1.29, 1.82) is 5.26 Å². The highest BCUT2D eigenvalue weighted by Crippen LogP contribution is 2.17. The van der Waals surface area contributed by atoms with Gasteiger partial charge >= 0.3 is 0 Å². The quantitative estimate of drug-likeness (QED) is 0.643. The molecule has 4 heteroatoms. The molecule has 0 aliphatic heterocycles. The van der Waals surface area contributed by atoms with Crippen LogP contribution in [0.2, 0.25) is 5.15 Å². The molecular weight excluding hydrogens is 162 g/mol. The van der Waals surface area contributed by atoms with E-state index in [9.17, 15) is 0 Å². The molecule has 0 aromatic carbocycles. The van der Waals surface area contributed by atoms with E-state index in [4.69, 9.17) is 16.9 Å². The second-order valence-corrected chi connectivity index (χ2v) is 2.54. The van der Waals surface area contributed by atoms with Gasteiger partial charge in [0.05, 0.1) is 5.69 Å². The minimum atomic E-state index is 0.438. The topological polar surface area (TPSA) is 41.6 Å². The van der Waals surface area contributed by atoms with Crippen molar-refractivity contribution in [1.82, 2.24) is 9.78 Å². The van der Waals surface area contributed by atoms with Crippen molar-refractivity contribution in [2.24, 2.45) is 0 Å². The summed E-state index contributed by atoms with van der Waals surface area (Å²) >= 11 is 5.81. The standard InChI is InChI=1S/C7H8ClN3/c1-3-11-7(8)6(4-9)5(2)10-11/h3H2,1-2H3. The zero-order valence-electron chi connectivity index (χ0n) is 6.43. The molecule has 0 saturated carbocycles. The summed E-state index contributed by atoms with van der Waals surface area (Å²) < 4.78 is 1.61. The summed E-state index contributed by atoms with van der Waals surface area (Å²) in [6.07, 6.45) is 0. The number of hydrogen-bond acceptors (Lipinski definition) is 2. The first-order valence-corrected chi connectivity index (χ1v) is 3.71. The van der Waals surface area contributed by atoms with Gasteiger partial charge in [0.15, 0.2) is 0 Å². The molecule has 0 unspecified atom stereocenters. The van der Waals surface area contributed by atoms with E-state index >= 15 is 0 Å². The van der Waals surface area contributed by atoms with E-state index in [0.29, 0.717) is 23.0 Å². The number of hydrogen-bond donors (Lipinski definition) is 0. The van der Waals surface area contributed by atoms with Gasteiger partial charge in [-0.15, -0.1) is 0 Å². The smallest absolute Gasteiger partial charge is 0.145 e. The molecule has 0 N–H and O–H groups in total. The van der Waals surface area contributed by atoms with Crippen LogP contribution < -0.4 is 0 Å². The van der Waals surface area contributed by atoms with Gasteiger partial charge in [0.1, 0.15) is 16.8 Å². The van der Waals surface area contributed by atoms with Crippen molar-refractivity contribution < 1.29 is 0 Å². The summed E-state index contributed by atoms with van der Waals surface area (Å²) in [5.41, 5.74) is 1.17. The Labute approximate surface area is 70.2 Å². The van der Waals surface area contributed by atoms with Crippen LogP contribution in [0.5, 0.6) is 0 Å². The third kappa shape index (κ3) is 1.22. The molecule has 0 aliphatic rings. The summed E-state index contributed by atoms with van der Waals surface area (Å²) in [4.78, 5) is 0. The molecule has 0 fully saturated rings. The summed E-state index contributed by atoms with van der Waals surface area (Å²) in [5.74, 6) is 0. The molecule has 11 heavy (non-hydrogen) atoms. The van der Waals surface area contributed by atoms with E-state index in [1.54, 1.807) is 11.6 Å². The van der Waals surface area contributed by atoms with E-state index in [2.05, 4.69) is 5.10 Å². The third-order valence-corrected chi connectivity index (χ3v) is 1.86. The molecule has 0 aliphatic carbocycles. The fraction of sp³-hybridized carbons (Fsp3) is 0.429. The summed E-state index contributed by atoms with van der Waals surface area (Å²) in [7, 11) is 0. The molecular formula is C7H8ClN3. The predicted octanol–water partition coefficient (Wildman–Crippen LogP) is 1.74. The Hall–Kier alpha value is -1.01. The summed E-state index contributed by atoms with van der Waals surface area (Å²) in [5, 5.41) is 13.1. The van der Waals surface area contributed by atoms with Crippen LogP contribution in [0, 0.1) is 18.3 Å². The lowest BCUT2D eigenvalue weighted by atomic mass is 10.3. The maximum atomic E-state index is 8.62. The SMILES string of the molecule is CCn1nc(C)c(C#N)c1Cl. The highest BCUT2D eigenvalue weighted by Gasteiger charge is 2.10. The lowest BCUT2D eigenvalue weighted by Crippen LogP contribution is -1.95. The highest BCUT2D eigenvalue weighted by molar-refractivity contribution is 6.30. The van der Waals surface area contributed by atoms with Gasteiger partial charge in [-0.3, -0.25) is 4.68 Å². The zero-order valence-corrected chi connectivity index (χ0v) is 7.18. The molecule has 0 atom stereocenters. The van der Waals surface area contributed by atoms with E-state index in [1.807, 2.05) is 13.0 Å². The van der Waals surface area contributed by atoms with Crippen LogP contribution in [0.25, 0.3) is 0 Å². The Morgan fingerprint density at radius 2 is 2.36 bits per heavy atom. The first kappa shape index (κ1) is 8.09.